The number of sulfonamides is 2. The molecule has 0 unspecified atom stereocenters. The van der Waals surface area contributed by atoms with E-state index in [0.717, 1.165) is 19.3 Å². The maximum Gasteiger partial charge on any atom is 0.263 e. The summed E-state index contributed by atoms with van der Waals surface area (Å²) in [6, 6.07) is 13.0. The van der Waals surface area contributed by atoms with E-state index in [0.29, 0.717) is 30.0 Å². The molecule has 1 saturated heterocycles. The van der Waals surface area contributed by atoms with Crippen LogP contribution >= 0.6 is 23.2 Å². The van der Waals surface area contributed by atoms with Crippen LogP contribution in [0.25, 0.3) is 0 Å². The minimum absolute atomic E-state index is 0.0155. The van der Waals surface area contributed by atoms with Gasteiger partial charge >= 0.3 is 0 Å². The fraction of sp³-hybridized carbons (Fsp3) is 0.276. The number of benzene rings is 3. The first-order valence-corrected chi connectivity index (χ1v) is 16.5. The molecule has 0 saturated carbocycles. The number of nitrogens with zero attached hydrogens (tertiary/aromatic N) is 1. The van der Waals surface area contributed by atoms with Crippen LogP contribution in [-0.4, -0.2) is 40.0 Å². The molecule has 1 aliphatic heterocycles. The second kappa shape index (κ2) is 12.5. The molecular weight excluding hydrogens is 607 g/mol. The topological polar surface area (TPSA) is 110 Å². The molecular formula is C29H30Cl2N2O6S2. The number of carbonyl (C=O) groups excluding carboxylic acids is 1. The molecule has 4 rings (SSSR count). The van der Waals surface area contributed by atoms with Gasteiger partial charge in [0.1, 0.15) is 16.4 Å². The molecule has 1 fully saturated rings. The largest absolute Gasteiger partial charge is 0.457 e. The Labute approximate surface area is 251 Å². The number of allylic oxidation sites excluding steroid dienone is 1. The lowest BCUT2D eigenvalue weighted by Gasteiger charge is -2.26. The van der Waals surface area contributed by atoms with Crippen LogP contribution in [0.15, 0.2) is 76.5 Å². The third-order valence-corrected chi connectivity index (χ3v) is 10.6. The summed E-state index contributed by atoms with van der Waals surface area (Å²) in [5, 5.41) is 0.236. The fourth-order valence-corrected chi connectivity index (χ4v) is 8.07. The minimum atomic E-state index is -4.10. The molecule has 8 nitrogen and oxygen atoms in total. The van der Waals surface area contributed by atoms with E-state index < -0.39 is 20.0 Å². The standard InChI is InChI=1S/C29H30Cl2N2O6S2/c1-19(2)15-26(34)24-18-22(32-40(35,36)29-11-7-21(30)17-25(29)31)8-10-27(24)39-23-9-12-28(20(3)16-23)41(37,38)33-13-5-4-6-14-33/h7-12,16-18,32H,1,4-6,13-15H2,2-3H3. The monoisotopic (exact) mass is 636 g/mol. The first-order valence-electron chi connectivity index (χ1n) is 12.9. The average molecular weight is 638 g/mol. The van der Waals surface area contributed by atoms with Crippen molar-refractivity contribution in [2.45, 2.75) is 49.3 Å². The first-order chi connectivity index (χ1) is 19.3. The lowest BCUT2D eigenvalue weighted by Crippen LogP contribution is -2.35. The number of piperidine rings is 1. The van der Waals surface area contributed by atoms with Crippen LogP contribution in [-0.2, 0) is 20.0 Å². The van der Waals surface area contributed by atoms with Crippen molar-refractivity contribution in [3.05, 3.63) is 87.9 Å². The van der Waals surface area contributed by atoms with E-state index in [4.69, 9.17) is 27.9 Å². The van der Waals surface area contributed by atoms with Crippen LogP contribution in [0.2, 0.25) is 10.0 Å². The maximum atomic E-state index is 13.2. The number of carbonyl (C=O) groups is 1. The van der Waals surface area contributed by atoms with E-state index in [1.807, 2.05) is 0 Å². The van der Waals surface area contributed by atoms with Gasteiger partial charge in [0.25, 0.3) is 10.0 Å². The Kier molecular flexibility index (Phi) is 9.50. The third-order valence-electron chi connectivity index (χ3n) is 6.49. The van der Waals surface area contributed by atoms with Gasteiger partial charge in [-0.15, -0.1) is 0 Å². The van der Waals surface area contributed by atoms with Crippen molar-refractivity contribution in [2.75, 3.05) is 17.8 Å². The Bertz CT molecular complexity index is 1720. The van der Waals surface area contributed by atoms with Crippen molar-refractivity contribution < 1.29 is 26.4 Å². The van der Waals surface area contributed by atoms with Gasteiger partial charge in [0.2, 0.25) is 10.0 Å². The molecule has 0 amide bonds. The molecule has 3 aromatic carbocycles. The van der Waals surface area contributed by atoms with E-state index in [1.165, 1.54) is 52.8 Å². The molecule has 0 spiro atoms. The molecule has 1 N–H and O–H groups in total. The highest BCUT2D eigenvalue weighted by Crippen LogP contribution is 2.34. The molecule has 0 bridgehead atoms. The molecule has 0 atom stereocenters. The zero-order valence-corrected chi connectivity index (χ0v) is 25.8. The number of nitrogens with one attached hydrogen (secondary N) is 1. The number of ether oxygens (including phenoxy) is 1. The van der Waals surface area contributed by atoms with E-state index in [-0.39, 0.29) is 49.0 Å². The van der Waals surface area contributed by atoms with Crippen LogP contribution < -0.4 is 9.46 Å². The summed E-state index contributed by atoms with van der Waals surface area (Å²) in [4.78, 5) is 13.2. The molecule has 41 heavy (non-hydrogen) atoms. The highest BCUT2D eigenvalue weighted by molar-refractivity contribution is 7.92. The molecule has 3 aromatic rings. The highest BCUT2D eigenvalue weighted by Gasteiger charge is 2.28. The molecule has 0 aromatic heterocycles. The van der Waals surface area contributed by atoms with E-state index in [1.54, 1.807) is 19.9 Å². The zero-order valence-electron chi connectivity index (χ0n) is 22.6. The summed E-state index contributed by atoms with van der Waals surface area (Å²) in [7, 11) is -7.74. The number of Topliss-reactive ketones (excluding diaryl/α,β-unsaturated/α-hetero) is 1. The fourth-order valence-electron chi connectivity index (χ4n) is 4.52. The summed E-state index contributed by atoms with van der Waals surface area (Å²) in [6.07, 6.45) is 2.69. The van der Waals surface area contributed by atoms with Gasteiger partial charge in [-0.3, -0.25) is 9.52 Å². The van der Waals surface area contributed by atoms with E-state index in [2.05, 4.69) is 11.3 Å². The normalized spacial score (nSPS) is 14.4. The highest BCUT2D eigenvalue weighted by atomic mass is 35.5. The Morgan fingerprint density at radius 2 is 1.63 bits per heavy atom. The van der Waals surface area contributed by atoms with Gasteiger partial charge in [-0.2, -0.15) is 4.31 Å². The van der Waals surface area contributed by atoms with Crippen molar-refractivity contribution in [3.63, 3.8) is 0 Å². The number of aryl methyl sites for hydroxylation is 1. The van der Waals surface area contributed by atoms with Crippen LogP contribution in [0.1, 0.15) is 48.5 Å². The van der Waals surface area contributed by atoms with Crippen molar-refractivity contribution in [2.24, 2.45) is 0 Å². The summed E-state index contributed by atoms with van der Waals surface area (Å²) >= 11 is 12.0. The van der Waals surface area contributed by atoms with Crippen molar-refractivity contribution in [3.8, 4) is 11.5 Å². The number of anilines is 1. The molecule has 0 aliphatic carbocycles. The van der Waals surface area contributed by atoms with E-state index in [9.17, 15) is 21.6 Å². The van der Waals surface area contributed by atoms with Gasteiger partial charge in [-0.1, -0.05) is 41.8 Å². The lowest BCUT2D eigenvalue weighted by atomic mass is 10.0. The molecule has 1 aliphatic rings. The van der Waals surface area contributed by atoms with Crippen molar-refractivity contribution in [1.82, 2.24) is 4.31 Å². The van der Waals surface area contributed by atoms with Crippen LogP contribution in [0.3, 0.4) is 0 Å². The Morgan fingerprint density at radius 1 is 0.951 bits per heavy atom. The van der Waals surface area contributed by atoms with Gasteiger partial charge in [-0.05, 0) is 86.8 Å². The Hall–Kier alpha value is -2.89. The first kappa shape index (κ1) is 31.1. The number of rotatable bonds is 10. The van der Waals surface area contributed by atoms with Crippen molar-refractivity contribution in [1.29, 1.82) is 0 Å². The van der Waals surface area contributed by atoms with Gasteiger partial charge in [0.15, 0.2) is 5.78 Å². The smallest absolute Gasteiger partial charge is 0.263 e. The van der Waals surface area contributed by atoms with Crippen molar-refractivity contribution >= 4 is 54.7 Å². The van der Waals surface area contributed by atoms with Gasteiger partial charge in [0.05, 0.1) is 15.5 Å². The number of ketones is 1. The predicted octanol–water partition coefficient (Wildman–Crippen LogP) is 7.22. The molecule has 218 valence electrons. The predicted molar refractivity (Wildman–Crippen MR) is 161 cm³/mol. The minimum Gasteiger partial charge on any atom is -0.457 e. The molecule has 0 radical (unpaired) electrons. The number of hydrogen-bond donors (Lipinski definition) is 1. The second-order valence-corrected chi connectivity index (χ2v) is 14.3. The Balaban J connectivity index is 1.64. The van der Waals surface area contributed by atoms with Crippen LogP contribution in [0.4, 0.5) is 5.69 Å². The lowest BCUT2D eigenvalue weighted by molar-refractivity contribution is 0.0991. The van der Waals surface area contributed by atoms with E-state index >= 15 is 0 Å². The molecule has 1 heterocycles. The Morgan fingerprint density at radius 3 is 2.27 bits per heavy atom. The quantitative estimate of drug-likeness (QED) is 0.186. The van der Waals surface area contributed by atoms with Crippen LogP contribution in [0, 0.1) is 6.92 Å². The average Bonchev–Trinajstić information content (AvgIpc) is 2.89. The summed E-state index contributed by atoms with van der Waals surface area (Å²) in [5.41, 5.74) is 1.36. The third kappa shape index (κ3) is 7.31. The number of hydrogen-bond acceptors (Lipinski definition) is 6. The zero-order chi connectivity index (χ0) is 29.9. The van der Waals surface area contributed by atoms with Gasteiger partial charge < -0.3 is 4.74 Å². The SMILES string of the molecule is C=C(C)CC(=O)c1cc(NS(=O)(=O)c2ccc(Cl)cc2Cl)ccc1Oc1ccc(S(=O)(=O)N2CCCCC2)c(C)c1. The van der Waals surface area contributed by atoms with Gasteiger partial charge in [-0.25, -0.2) is 16.8 Å². The summed E-state index contributed by atoms with van der Waals surface area (Å²) in [5.74, 6) is 0.166. The van der Waals surface area contributed by atoms with Gasteiger partial charge in [0, 0.05) is 30.2 Å². The summed E-state index contributed by atoms with van der Waals surface area (Å²) in [6.45, 7) is 8.18. The summed E-state index contributed by atoms with van der Waals surface area (Å²) < 4.78 is 62.4. The second-order valence-electron chi connectivity index (χ2n) is 9.94. The molecule has 12 heteroatoms. The number of halogens is 2. The van der Waals surface area contributed by atoms with Crippen LogP contribution in [0.5, 0.6) is 11.5 Å². The maximum absolute atomic E-state index is 13.2.